The number of rotatable bonds is 4. The van der Waals surface area contributed by atoms with Gasteiger partial charge in [-0.1, -0.05) is 6.07 Å². The summed E-state index contributed by atoms with van der Waals surface area (Å²) in [7, 11) is 1.83. The molecule has 18 heavy (non-hydrogen) atoms. The van der Waals surface area contributed by atoms with Gasteiger partial charge in [0.2, 0.25) is 5.65 Å². The van der Waals surface area contributed by atoms with Crippen molar-refractivity contribution >= 4 is 22.8 Å². The van der Waals surface area contributed by atoms with Crippen LogP contribution < -0.4 is 10.1 Å². The number of hydrogen-bond donors (Lipinski definition) is 1. The van der Waals surface area contributed by atoms with Gasteiger partial charge >= 0.3 is 0 Å². The lowest BCUT2D eigenvalue weighted by molar-refractivity contribution is 0.300. The van der Waals surface area contributed by atoms with Gasteiger partial charge in [-0.15, -0.1) is 11.3 Å². The molecule has 0 fully saturated rings. The van der Waals surface area contributed by atoms with E-state index in [0.29, 0.717) is 12.5 Å². The number of hydrogen-bond acceptors (Lipinski definition) is 5. The molecule has 0 saturated carbocycles. The van der Waals surface area contributed by atoms with Crippen LogP contribution in [0, 0.1) is 0 Å². The van der Waals surface area contributed by atoms with Crippen molar-refractivity contribution in [3.63, 3.8) is 0 Å². The number of fused-ring (bicyclic) bond motifs is 1. The van der Waals surface area contributed by atoms with Crippen LogP contribution >= 0.6 is 11.3 Å². The van der Waals surface area contributed by atoms with Crippen LogP contribution in [0.15, 0.2) is 36.1 Å². The largest absolute Gasteiger partial charge is 0.469 e. The van der Waals surface area contributed by atoms with Crippen molar-refractivity contribution in [3.8, 4) is 5.88 Å². The summed E-state index contributed by atoms with van der Waals surface area (Å²) in [5, 5.41) is 5.03. The first kappa shape index (κ1) is 11.0. The molecule has 0 atom stereocenters. The Morgan fingerprint density at radius 3 is 3.22 bits per heavy atom. The second-order valence-electron chi connectivity index (χ2n) is 3.71. The molecule has 0 aliphatic heterocycles. The van der Waals surface area contributed by atoms with Crippen molar-refractivity contribution < 1.29 is 4.74 Å². The molecule has 3 aromatic rings. The number of nitrogens with one attached hydrogen (secondary N) is 1. The Kier molecular flexibility index (Phi) is 2.85. The van der Waals surface area contributed by atoms with Crippen LogP contribution in [-0.4, -0.2) is 21.4 Å². The zero-order chi connectivity index (χ0) is 12.4. The quantitative estimate of drug-likeness (QED) is 0.782. The Labute approximate surface area is 108 Å². The molecule has 0 saturated heterocycles. The zero-order valence-electron chi connectivity index (χ0n) is 9.83. The summed E-state index contributed by atoms with van der Waals surface area (Å²) in [5.74, 6) is 1.29. The highest BCUT2D eigenvalue weighted by Gasteiger charge is 2.08. The fourth-order valence-electron chi connectivity index (χ4n) is 1.65. The summed E-state index contributed by atoms with van der Waals surface area (Å²) in [6, 6.07) is 4.04. The Balaban J connectivity index is 1.92. The maximum atomic E-state index is 5.74. The van der Waals surface area contributed by atoms with Crippen LogP contribution in [-0.2, 0) is 6.61 Å². The Morgan fingerprint density at radius 2 is 2.44 bits per heavy atom. The number of aromatic nitrogens is 3. The molecule has 1 N–H and O–H groups in total. The average Bonchev–Trinajstić information content (AvgIpc) is 3.06. The van der Waals surface area contributed by atoms with E-state index in [1.165, 1.54) is 0 Å². The van der Waals surface area contributed by atoms with Crippen LogP contribution in [0.1, 0.15) is 4.88 Å². The van der Waals surface area contributed by atoms with Crippen molar-refractivity contribution in [1.29, 1.82) is 0 Å². The van der Waals surface area contributed by atoms with Gasteiger partial charge in [0.25, 0.3) is 5.88 Å². The summed E-state index contributed by atoms with van der Waals surface area (Å²) < 4.78 is 7.63. The van der Waals surface area contributed by atoms with Crippen LogP contribution in [0.25, 0.3) is 5.65 Å². The minimum atomic E-state index is 0.514. The molecule has 92 valence electrons. The van der Waals surface area contributed by atoms with Gasteiger partial charge in [0.1, 0.15) is 12.4 Å². The second kappa shape index (κ2) is 4.66. The van der Waals surface area contributed by atoms with Gasteiger partial charge in [-0.2, -0.15) is 4.98 Å². The third kappa shape index (κ3) is 2.02. The van der Waals surface area contributed by atoms with Crippen molar-refractivity contribution in [2.45, 2.75) is 6.61 Å². The Bertz CT molecular complexity index is 647. The van der Waals surface area contributed by atoms with Gasteiger partial charge < -0.3 is 10.1 Å². The highest BCUT2D eigenvalue weighted by molar-refractivity contribution is 7.09. The molecule has 3 aromatic heterocycles. The predicted molar refractivity (Wildman–Crippen MR) is 71.2 cm³/mol. The van der Waals surface area contributed by atoms with E-state index in [4.69, 9.17) is 4.74 Å². The molecular weight excluding hydrogens is 248 g/mol. The SMILES string of the molecule is CNc1cn2ccnc2c(OCc2cccs2)n1. The summed E-state index contributed by atoms with van der Waals surface area (Å²) in [4.78, 5) is 9.79. The minimum absolute atomic E-state index is 0.514. The van der Waals surface area contributed by atoms with E-state index in [1.807, 2.05) is 41.4 Å². The molecule has 0 bridgehead atoms. The van der Waals surface area contributed by atoms with E-state index in [-0.39, 0.29) is 0 Å². The predicted octanol–water partition coefficient (Wildman–Crippen LogP) is 2.41. The third-order valence-electron chi connectivity index (χ3n) is 2.53. The molecule has 0 spiro atoms. The standard InChI is InChI=1S/C12H12N4OS/c1-13-10-7-16-5-4-14-11(16)12(15-10)17-8-9-3-2-6-18-9/h2-7,13H,8H2,1H3. The summed E-state index contributed by atoms with van der Waals surface area (Å²) >= 11 is 1.66. The summed E-state index contributed by atoms with van der Waals surface area (Å²) in [6.45, 7) is 0.514. The van der Waals surface area contributed by atoms with E-state index >= 15 is 0 Å². The molecular formula is C12H12N4OS. The van der Waals surface area contributed by atoms with Crippen LogP contribution in [0.5, 0.6) is 5.88 Å². The highest BCUT2D eigenvalue weighted by atomic mass is 32.1. The smallest absolute Gasteiger partial charge is 0.260 e. The maximum Gasteiger partial charge on any atom is 0.260 e. The van der Waals surface area contributed by atoms with E-state index in [2.05, 4.69) is 15.3 Å². The van der Waals surface area contributed by atoms with Crippen molar-refractivity contribution in [2.24, 2.45) is 0 Å². The van der Waals surface area contributed by atoms with E-state index < -0.39 is 0 Å². The average molecular weight is 260 g/mol. The first-order valence-electron chi connectivity index (χ1n) is 5.53. The third-order valence-corrected chi connectivity index (χ3v) is 3.38. The molecule has 0 aliphatic carbocycles. The fraction of sp³-hybridized carbons (Fsp3) is 0.167. The molecule has 0 radical (unpaired) electrons. The minimum Gasteiger partial charge on any atom is -0.469 e. The fourth-order valence-corrected chi connectivity index (χ4v) is 2.27. The van der Waals surface area contributed by atoms with Gasteiger partial charge in [0, 0.05) is 24.3 Å². The lowest BCUT2D eigenvalue weighted by atomic mass is 10.5. The number of nitrogens with zero attached hydrogens (tertiary/aromatic N) is 3. The van der Waals surface area contributed by atoms with E-state index in [1.54, 1.807) is 17.5 Å². The van der Waals surface area contributed by atoms with Gasteiger partial charge in [-0.3, -0.25) is 4.40 Å². The molecule has 6 heteroatoms. The lowest BCUT2D eigenvalue weighted by Gasteiger charge is -2.07. The monoisotopic (exact) mass is 260 g/mol. The highest BCUT2D eigenvalue weighted by Crippen LogP contribution is 2.20. The van der Waals surface area contributed by atoms with Crippen molar-refractivity contribution in [2.75, 3.05) is 12.4 Å². The molecule has 0 amide bonds. The number of thiophene rings is 1. The molecule has 3 heterocycles. The first-order valence-corrected chi connectivity index (χ1v) is 6.41. The lowest BCUT2D eigenvalue weighted by Crippen LogP contribution is -2.02. The van der Waals surface area contributed by atoms with Crippen LogP contribution in [0.2, 0.25) is 0 Å². The van der Waals surface area contributed by atoms with Crippen molar-refractivity contribution in [3.05, 3.63) is 41.0 Å². The number of imidazole rings is 1. The number of anilines is 1. The first-order chi connectivity index (χ1) is 8.86. The second-order valence-corrected chi connectivity index (χ2v) is 4.74. The van der Waals surface area contributed by atoms with E-state index in [0.717, 1.165) is 16.3 Å². The van der Waals surface area contributed by atoms with Crippen LogP contribution in [0.4, 0.5) is 5.82 Å². The van der Waals surface area contributed by atoms with Crippen molar-refractivity contribution in [1.82, 2.24) is 14.4 Å². The topological polar surface area (TPSA) is 51.5 Å². The Hall–Kier alpha value is -2.08. The molecule has 0 aromatic carbocycles. The number of ether oxygens (including phenoxy) is 1. The van der Waals surface area contributed by atoms with Gasteiger partial charge in [-0.05, 0) is 11.4 Å². The molecule has 0 aliphatic rings. The molecule has 3 rings (SSSR count). The van der Waals surface area contributed by atoms with Gasteiger partial charge in [0.15, 0.2) is 0 Å². The van der Waals surface area contributed by atoms with Crippen LogP contribution in [0.3, 0.4) is 0 Å². The Morgan fingerprint density at radius 1 is 1.50 bits per heavy atom. The van der Waals surface area contributed by atoms with Gasteiger partial charge in [0.05, 0.1) is 6.20 Å². The summed E-state index contributed by atoms with van der Waals surface area (Å²) in [5.41, 5.74) is 0.727. The van der Waals surface area contributed by atoms with Gasteiger partial charge in [-0.25, -0.2) is 4.98 Å². The zero-order valence-corrected chi connectivity index (χ0v) is 10.6. The normalized spacial score (nSPS) is 10.7. The summed E-state index contributed by atoms with van der Waals surface area (Å²) in [6.07, 6.45) is 5.48. The molecule has 0 unspecified atom stereocenters. The maximum absolute atomic E-state index is 5.74. The van der Waals surface area contributed by atoms with E-state index in [9.17, 15) is 0 Å². The molecule has 5 nitrogen and oxygen atoms in total.